The molecule has 0 aliphatic carbocycles. The molecule has 0 unspecified atom stereocenters. The van der Waals surface area contributed by atoms with Gasteiger partial charge in [0, 0.05) is 30.2 Å². The lowest BCUT2D eigenvalue weighted by Crippen LogP contribution is -2.42. The van der Waals surface area contributed by atoms with Crippen molar-refractivity contribution in [1.82, 2.24) is 15.1 Å². The number of ether oxygens (including phenoxy) is 1. The van der Waals surface area contributed by atoms with Crippen molar-refractivity contribution in [1.29, 1.82) is 0 Å². The zero-order chi connectivity index (χ0) is 18.7. The topological polar surface area (TPSA) is 85.2 Å². The lowest BCUT2D eigenvalue weighted by atomic mass is 10.2. The van der Waals surface area contributed by atoms with Crippen LogP contribution in [-0.4, -0.2) is 41.4 Å². The van der Waals surface area contributed by atoms with Gasteiger partial charge in [0.2, 0.25) is 0 Å². The fourth-order valence-corrected chi connectivity index (χ4v) is 3.87. The molecule has 0 saturated heterocycles. The highest BCUT2D eigenvalue weighted by molar-refractivity contribution is 7.98. The Kier molecular flexibility index (Phi) is 5.63. The molecule has 1 aliphatic heterocycles. The normalized spacial score (nSPS) is 14.0. The number of rotatable bonds is 5. The number of nitrogens with one attached hydrogen (secondary N) is 2. The van der Waals surface area contributed by atoms with Gasteiger partial charge in [0.15, 0.2) is 0 Å². The molecule has 2 heterocycles. The van der Waals surface area contributed by atoms with Gasteiger partial charge >= 0.3 is 11.8 Å². The number of anilines is 1. The van der Waals surface area contributed by atoms with Crippen molar-refractivity contribution in [2.75, 3.05) is 19.0 Å². The number of carbonyl (C=O) groups excluding carboxylic acids is 2. The molecule has 7 nitrogen and oxygen atoms in total. The summed E-state index contributed by atoms with van der Waals surface area (Å²) >= 11 is 1.74. The standard InChI is InChI=1S/C18H22N4O3S/c1-11-5-4-6-13(7-11)22-16(14-9-26-10-15(14)21-22)20-18(24)17(23)19-12(2)8-25-3/h4-7,12H,8-10H2,1-3H3,(H,19,23)(H,20,24)/t12-/m0/s1. The lowest BCUT2D eigenvalue weighted by Gasteiger charge is -2.14. The van der Waals surface area contributed by atoms with Crippen LogP contribution >= 0.6 is 11.8 Å². The van der Waals surface area contributed by atoms with E-state index in [2.05, 4.69) is 15.7 Å². The van der Waals surface area contributed by atoms with Crippen LogP contribution in [0.5, 0.6) is 0 Å². The molecular formula is C18H22N4O3S. The van der Waals surface area contributed by atoms with Crippen LogP contribution in [0.3, 0.4) is 0 Å². The first-order valence-corrected chi connectivity index (χ1v) is 9.51. The van der Waals surface area contributed by atoms with Gasteiger partial charge in [0.25, 0.3) is 0 Å². The number of methoxy groups -OCH3 is 1. The number of aromatic nitrogens is 2. The van der Waals surface area contributed by atoms with E-state index in [0.29, 0.717) is 12.4 Å². The van der Waals surface area contributed by atoms with E-state index in [9.17, 15) is 9.59 Å². The van der Waals surface area contributed by atoms with Crippen LogP contribution in [0, 0.1) is 6.92 Å². The zero-order valence-electron chi connectivity index (χ0n) is 15.0. The summed E-state index contributed by atoms with van der Waals surface area (Å²) in [6.45, 7) is 4.12. The summed E-state index contributed by atoms with van der Waals surface area (Å²) in [4.78, 5) is 24.5. The highest BCUT2D eigenvalue weighted by Gasteiger charge is 2.26. The van der Waals surface area contributed by atoms with Crippen molar-refractivity contribution >= 4 is 29.4 Å². The van der Waals surface area contributed by atoms with Gasteiger partial charge < -0.3 is 15.4 Å². The number of hydrogen-bond acceptors (Lipinski definition) is 5. The second kappa shape index (κ2) is 7.92. The van der Waals surface area contributed by atoms with Gasteiger partial charge in [-0.25, -0.2) is 4.68 Å². The molecule has 0 saturated carbocycles. The van der Waals surface area contributed by atoms with Crippen LogP contribution in [0.15, 0.2) is 24.3 Å². The molecule has 2 amide bonds. The van der Waals surface area contributed by atoms with Gasteiger partial charge in [0.05, 0.1) is 18.0 Å². The van der Waals surface area contributed by atoms with Crippen molar-refractivity contribution in [3.05, 3.63) is 41.1 Å². The minimum absolute atomic E-state index is 0.249. The third kappa shape index (κ3) is 3.91. The summed E-state index contributed by atoms with van der Waals surface area (Å²) in [5.41, 5.74) is 3.87. The van der Waals surface area contributed by atoms with E-state index in [1.165, 1.54) is 0 Å². The summed E-state index contributed by atoms with van der Waals surface area (Å²) in [7, 11) is 1.55. The minimum atomic E-state index is -0.707. The molecule has 1 aromatic heterocycles. The molecule has 0 bridgehead atoms. The second-order valence-electron chi connectivity index (χ2n) is 6.30. The van der Waals surface area contributed by atoms with Crippen molar-refractivity contribution in [2.45, 2.75) is 31.4 Å². The largest absolute Gasteiger partial charge is 0.383 e. The monoisotopic (exact) mass is 374 g/mol. The maximum absolute atomic E-state index is 12.4. The van der Waals surface area contributed by atoms with E-state index < -0.39 is 11.8 Å². The Balaban J connectivity index is 1.85. The Bertz CT molecular complexity index is 834. The van der Waals surface area contributed by atoms with E-state index >= 15 is 0 Å². The third-order valence-electron chi connectivity index (χ3n) is 4.03. The van der Waals surface area contributed by atoms with E-state index in [1.54, 1.807) is 30.5 Å². The molecule has 2 aromatic rings. The maximum atomic E-state index is 12.4. The Morgan fingerprint density at radius 3 is 2.88 bits per heavy atom. The quantitative estimate of drug-likeness (QED) is 0.782. The SMILES string of the molecule is COC[C@H](C)NC(=O)C(=O)Nc1c2c(nn1-c1cccc(C)c1)CSC2. The summed E-state index contributed by atoms with van der Waals surface area (Å²) in [6.07, 6.45) is 0. The molecule has 1 aliphatic rings. The lowest BCUT2D eigenvalue weighted by molar-refractivity contribution is -0.136. The molecular weight excluding hydrogens is 352 g/mol. The highest BCUT2D eigenvalue weighted by atomic mass is 32.2. The van der Waals surface area contributed by atoms with E-state index in [0.717, 1.165) is 34.0 Å². The summed E-state index contributed by atoms with van der Waals surface area (Å²) in [5.74, 6) is 0.731. The van der Waals surface area contributed by atoms with E-state index in [4.69, 9.17) is 4.74 Å². The number of benzene rings is 1. The zero-order valence-corrected chi connectivity index (χ0v) is 15.9. The number of nitrogens with zero attached hydrogens (tertiary/aromatic N) is 2. The number of hydrogen-bond donors (Lipinski definition) is 2. The van der Waals surface area contributed by atoms with Crippen molar-refractivity contribution < 1.29 is 14.3 Å². The van der Waals surface area contributed by atoms with Gasteiger partial charge in [-0.2, -0.15) is 16.9 Å². The molecule has 1 aromatic carbocycles. The maximum Gasteiger partial charge on any atom is 0.314 e. The fourth-order valence-electron chi connectivity index (χ4n) is 2.83. The first-order valence-electron chi connectivity index (χ1n) is 8.36. The number of aryl methyl sites for hydroxylation is 1. The Labute approximate surface area is 156 Å². The fraction of sp³-hybridized carbons (Fsp3) is 0.389. The third-order valence-corrected chi connectivity index (χ3v) is 5.00. The minimum Gasteiger partial charge on any atom is -0.383 e. The first kappa shape index (κ1) is 18.5. The van der Waals surface area contributed by atoms with Crippen LogP contribution in [0.4, 0.5) is 5.82 Å². The number of amides is 2. The molecule has 0 fully saturated rings. The number of fused-ring (bicyclic) bond motifs is 1. The predicted octanol–water partition coefficient (Wildman–Crippen LogP) is 2.02. The molecule has 0 spiro atoms. The summed E-state index contributed by atoms with van der Waals surface area (Å²) in [5, 5.41) is 10.0. The second-order valence-corrected chi connectivity index (χ2v) is 7.29. The predicted molar refractivity (Wildman–Crippen MR) is 101 cm³/mol. The van der Waals surface area contributed by atoms with Crippen molar-refractivity contribution in [2.24, 2.45) is 0 Å². The highest BCUT2D eigenvalue weighted by Crippen LogP contribution is 2.36. The van der Waals surface area contributed by atoms with Crippen LogP contribution in [0.2, 0.25) is 0 Å². The molecule has 8 heteroatoms. The average Bonchev–Trinajstić information content (AvgIpc) is 3.17. The van der Waals surface area contributed by atoms with Crippen LogP contribution in [0.25, 0.3) is 5.69 Å². The smallest absolute Gasteiger partial charge is 0.314 e. The van der Waals surface area contributed by atoms with Crippen molar-refractivity contribution in [3.63, 3.8) is 0 Å². The average molecular weight is 374 g/mol. The number of thioether (sulfide) groups is 1. The summed E-state index contributed by atoms with van der Waals surface area (Å²) < 4.78 is 6.68. The Morgan fingerprint density at radius 1 is 1.35 bits per heavy atom. The Hall–Kier alpha value is -2.32. The molecule has 3 rings (SSSR count). The van der Waals surface area contributed by atoms with Crippen LogP contribution in [0.1, 0.15) is 23.7 Å². The first-order chi connectivity index (χ1) is 12.5. The molecule has 1 atom stereocenters. The van der Waals surface area contributed by atoms with Crippen LogP contribution < -0.4 is 10.6 Å². The van der Waals surface area contributed by atoms with E-state index in [-0.39, 0.29) is 6.04 Å². The van der Waals surface area contributed by atoms with Crippen LogP contribution in [-0.2, 0) is 25.8 Å². The molecule has 0 radical (unpaired) electrons. The van der Waals surface area contributed by atoms with Gasteiger partial charge in [-0.1, -0.05) is 12.1 Å². The van der Waals surface area contributed by atoms with Gasteiger partial charge in [-0.3, -0.25) is 9.59 Å². The van der Waals surface area contributed by atoms with E-state index in [1.807, 2.05) is 31.2 Å². The van der Waals surface area contributed by atoms with Gasteiger partial charge in [-0.15, -0.1) is 0 Å². The molecule has 2 N–H and O–H groups in total. The number of carbonyl (C=O) groups is 2. The Morgan fingerprint density at radius 2 is 2.15 bits per heavy atom. The molecule has 138 valence electrons. The van der Waals surface area contributed by atoms with Gasteiger partial charge in [0.1, 0.15) is 5.82 Å². The van der Waals surface area contributed by atoms with Crippen molar-refractivity contribution in [3.8, 4) is 5.69 Å². The molecule has 26 heavy (non-hydrogen) atoms. The van der Waals surface area contributed by atoms with Gasteiger partial charge in [-0.05, 0) is 31.5 Å². The summed E-state index contributed by atoms with van der Waals surface area (Å²) in [6, 6.07) is 7.61.